The Hall–Kier alpha value is -3.74. The van der Waals surface area contributed by atoms with Gasteiger partial charge in [0.1, 0.15) is 6.61 Å². The lowest BCUT2D eigenvalue weighted by Gasteiger charge is -2.30. The molecule has 2 aromatic carbocycles. The number of hydrogen-bond acceptors (Lipinski definition) is 6. The van der Waals surface area contributed by atoms with Crippen LogP contribution in [0.5, 0.6) is 11.5 Å². The highest BCUT2D eigenvalue weighted by molar-refractivity contribution is 5.94. The number of imidazole rings is 1. The molecule has 7 heteroatoms. The van der Waals surface area contributed by atoms with Crippen molar-refractivity contribution in [2.45, 2.75) is 33.2 Å². The van der Waals surface area contributed by atoms with Crippen molar-refractivity contribution in [3.05, 3.63) is 72.0 Å². The van der Waals surface area contributed by atoms with E-state index in [0.29, 0.717) is 41.2 Å². The molecular weight excluding hydrogens is 430 g/mol. The fourth-order valence-corrected chi connectivity index (χ4v) is 4.13. The molecule has 1 aromatic heterocycles. The monoisotopic (exact) mass is 461 g/mol. The first kappa shape index (κ1) is 23.4. The van der Waals surface area contributed by atoms with Crippen LogP contribution in [0.2, 0.25) is 0 Å². The molecule has 0 bridgehead atoms. The molecular formula is C27H31N3O4. The number of allylic oxidation sites excluding steroid dienone is 1. The standard InChI is InChI=1S/C27H31N3O4/c1-6-14-34-26(31)24-18(4)28-27-29-20-9-7-8-10-21(20)30(27)25(24)19-11-12-22(23(16-19)32-5)33-15-13-17(2)3/h6-12,16-17,25H,1,13-15H2,2-5H3,(H,28,29)/t25-/m1/s1. The average Bonchev–Trinajstić information content (AvgIpc) is 3.19. The molecule has 0 amide bonds. The van der Waals surface area contributed by atoms with Crippen LogP contribution in [0.3, 0.4) is 0 Å². The van der Waals surface area contributed by atoms with E-state index in [1.807, 2.05) is 54.0 Å². The maximum atomic E-state index is 13.2. The van der Waals surface area contributed by atoms with Gasteiger partial charge in [-0.2, -0.15) is 0 Å². The number of carbonyl (C=O) groups is 1. The van der Waals surface area contributed by atoms with Crippen molar-refractivity contribution < 1.29 is 19.0 Å². The van der Waals surface area contributed by atoms with Gasteiger partial charge >= 0.3 is 5.97 Å². The molecule has 1 N–H and O–H groups in total. The molecule has 1 aliphatic rings. The van der Waals surface area contributed by atoms with Crippen LogP contribution in [0.25, 0.3) is 11.0 Å². The summed E-state index contributed by atoms with van der Waals surface area (Å²) in [7, 11) is 1.62. The topological polar surface area (TPSA) is 74.6 Å². The lowest BCUT2D eigenvalue weighted by molar-refractivity contribution is -0.138. The van der Waals surface area contributed by atoms with Gasteiger partial charge in [-0.1, -0.05) is 44.7 Å². The van der Waals surface area contributed by atoms with E-state index in [0.717, 1.165) is 23.0 Å². The number of fused-ring (bicyclic) bond motifs is 3. The first-order valence-electron chi connectivity index (χ1n) is 11.5. The Morgan fingerprint density at radius 1 is 1.24 bits per heavy atom. The van der Waals surface area contributed by atoms with Gasteiger partial charge in [0.05, 0.1) is 36.4 Å². The molecule has 178 valence electrons. The van der Waals surface area contributed by atoms with Crippen LogP contribution in [0.15, 0.2) is 66.4 Å². The number of anilines is 1. The van der Waals surface area contributed by atoms with Gasteiger partial charge in [0, 0.05) is 5.70 Å². The van der Waals surface area contributed by atoms with Gasteiger partial charge in [0.2, 0.25) is 5.95 Å². The van der Waals surface area contributed by atoms with E-state index in [1.165, 1.54) is 0 Å². The van der Waals surface area contributed by atoms with Gasteiger partial charge in [-0.3, -0.25) is 4.57 Å². The summed E-state index contributed by atoms with van der Waals surface area (Å²) >= 11 is 0. The fourth-order valence-electron chi connectivity index (χ4n) is 4.13. The second kappa shape index (κ2) is 10.0. The first-order chi connectivity index (χ1) is 16.4. The molecule has 1 aliphatic heterocycles. The number of hydrogen-bond donors (Lipinski definition) is 1. The largest absolute Gasteiger partial charge is 0.493 e. The highest BCUT2D eigenvalue weighted by Crippen LogP contribution is 2.42. The number of esters is 1. The maximum absolute atomic E-state index is 13.2. The molecule has 4 rings (SSSR count). The van der Waals surface area contributed by atoms with E-state index in [9.17, 15) is 4.79 Å². The summed E-state index contributed by atoms with van der Waals surface area (Å²) in [4.78, 5) is 17.9. The Kier molecular flexibility index (Phi) is 6.91. The number of nitrogens with zero attached hydrogens (tertiary/aromatic N) is 2. The van der Waals surface area contributed by atoms with Crippen molar-refractivity contribution in [1.29, 1.82) is 0 Å². The SMILES string of the molecule is C=CCOC(=O)C1=C(C)Nc2nc3ccccc3n2[C@@H]1c1ccc(OCCC(C)C)c(OC)c1. The Morgan fingerprint density at radius 3 is 2.76 bits per heavy atom. The molecule has 0 radical (unpaired) electrons. The third kappa shape index (κ3) is 4.51. The number of para-hydroxylation sites is 2. The van der Waals surface area contributed by atoms with Crippen molar-refractivity contribution in [1.82, 2.24) is 9.55 Å². The lowest BCUT2D eigenvalue weighted by Crippen LogP contribution is -2.29. The second-order valence-electron chi connectivity index (χ2n) is 8.69. The summed E-state index contributed by atoms with van der Waals surface area (Å²) in [6.45, 7) is 10.6. The van der Waals surface area contributed by atoms with Crippen molar-refractivity contribution in [2.75, 3.05) is 25.6 Å². The summed E-state index contributed by atoms with van der Waals surface area (Å²) in [5, 5.41) is 3.28. The van der Waals surface area contributed by atoms with Gasteiger partial charge in [-0.05, 0) is 49.1 Å². The van der Waals surface area contributed by atoms with Gasteiger partial charge in [0.25, 0.3) is 0 Å². The predicted molar refractivity (Wildman–Crippen MR) is 133 cm³/mol. The second-order valence-corrected chi connectivity index (χ2v) is 8.69. The van der Waals surface area contributed by atoms with Gasteiger partial charge in [-0.15, -0.1) is 0 Å². The van der Waals surface area contributed by atoms with Crippen molar-refractivity contribution in [3.63, 3.8) is 0 Å². The molecule has 0 saturated heterocycles. The Bertz CT molecular complexity index is 1240. The maximum Gasteiger partial charge on any atom is 0.338 e. The van der Waals surface area contributed by atoms with E-state index >= 15 is 0 Å². The third-order valence-corrected chi connectivity index (χ3v) is 5.84. The number of nitrogens with one attached hydrogen (secondary N) is 1. The number of methoxy groups -OCH3 is 1. The quantitative estimate of drug-likeness (QED) is 0.336. The normalized spacial score (nSPS) is 15.1. The summed E-state index contributed by atoms with van der Waals surface area (Å²) in [5.74, 6) is 2.09. The highest BCUT2D eigenvalue weighted by Gasteiger charge is 2.35. The van der Waals surface area contributed by atoms with E-state index in [4.69, 9.17) is 19.2 Å². The highest BCUT2D eigenvalue weighted by atomic mass is 16.5. The van der Waals surface area contributed by atoms with E-state index < -0.39 is 12.0 Å². The van der Waals surface area contributed by atoms with E-state index in [2.05, 4.69) is 25.7 Å². The molecule has 0 unspecified atom stereocenters. The molecule has 0 saturated carbocycles. The first-order valence-corrected chi connectivity index (χ1v) is 11.5. The summed E-state index contributed by atoms with van der Waals surface area (Å²) < 4.78 is 19.1. The van der Waals surface area contributed by atoms with Crippen LogP contribution in [0, 0.1) is 5.92 Å². The van der Waals surface area contributed by atoms with Crippen molar-refractivity contribution in [3.8, 4) is 11.5 Å². The number of ether oxygens (including phenoxy) is 3. The molecule has 2 heterocycles. The molecule has 3 aromatic rings. The van der Waals surface area contributed by atoms with Crippen LogP contribution in [0.4, 0.5) is 5.95 Å². The number of aromatic nitrogens is 2. The lowest BCUT2D eigenvalue weighted by atomic mass is 9.94. The van der Waals surface area contributed by atoms with E-state index in [-0.39, 0.29) is 6.61 Å². The molecule has 0 fully saturated rings. The summed E-state index contributed by atoms with van der Waals surface area (Å²) in [6.07, 6.45) is 2.51. The van der Waals surface area contributed by atoms with Crippen LogP contribution in [-0.4, -0.2) is 35.8 Å². The minimum absolute atomic E-state index is 0.131. The molecule has 34 heavy (non-hydrogen) atoms. The van der Waals surface area contributed by atoms with Crippen LogP contribution >= 0.6 is 0 Å². The number of rotatable bonds is 9. The minimum atomic E-state index is -0.459. The Morgan fingerprint density at radius 2 is 2.03 bits per heavy atom. The fraction of sp³-hybridized carbons (Fsp3) is 0.333. The van der Waals surface area contributed by atoms with Crippen LogP contribution < -0.4 is 14.8 Å². The van der Waals surface area contributed by atoms with Gasteiger partial charge < -0.3 is 19.5 Å². The molecule has 0 spiro atoms. The van der Waals surface area contributed by atoms with E-state index in [1.54, 1.807) is 13.2 Å². The van der Waals surface area contributed by atoms with Crippen LogP contribution in [-0.2, 0) is 9.53 Å². The molecule has 7 nitrogen and oxygen atoms in total. The summed E-state index contributed by atoms with van der Waals surface area (Å²) in [6, 6.07) is 13.2. The Labute approximate surface area is 200 Å². The zero-order chi connectivity index (χ0) is 24.2. The van der Waals surface area contributed by atoms with Crippen molar-refractivity contribution in [2.24, 2.45) is 5.92 Å². The summed E-state index contributed by atoms with van der Waals surface area (Å²) in [5.41, 5.74) is 3.81. The molecule has 0 aliphatic carbocycles. The molecule has 1 atom stereocenters. The minimum Gasteiger partial charge on any atom is -0.493 e. The smallest absolute Gasteiger partial charge is 0.338 e. The van der Waals surface area contributed by atoms with Gasteiger partial charge in [-0.25, -0.2) is 9.78 Å². The Balaban J connectivity index is 1.82. The zero-order valence-corrected chi connectivity index (χ0v) is 20.1. The average molecular weight is 462 g/mol. The van der Waals surface area contributed by atoms with Crippen LogP contribution in [0.1, 0.15) is 38.8 Å². The third-order valence-electron chi connectivity index (χ3n) is 5.84. The number of benzene rings is 2. The zero-order valence-electron chi connectivity index (χ0n) is 20.1. The van der Waals surface area contributed by atoms with Crippen molar-refractivity contribution >= 4 is 23.0 Å². The van der Waals surface area contributed by atoms with Gasteiger partial charge in [0.15, 0.2) is 11.5 Å². The number of carbonyl (C=O) groups excluding carboxylic acids is 1. The predicted octanol–water partition coefficient (Wildman–Crippen LogP) is 5.49.